The lowest BCUT2D eigenvalue weighted by Gasteiger charge is -2.15. The van der Waals surface area contributed by atoms with E-state index in [1.165, 1.54) is 97.8 Å². The summed E-state index contributed by atoms with van der Waals surface area (Å²) in [7, 11) is 0. The first-order chi connectivity index (χ1) is 14.4. The predicted octanol–water partition coefficient (Wildman–Crippen LogP) is 6.70. The second-order valence-corrected chi connectivity index (χ2v) is 8.52. The first kappa shape index (κ1) is 28.6. The van der Waals surface area contributed by atoms with Crippen molar-refractivity contribution >= 4 is 17.7 Å². The number of hydrogen-bond donors (Lipinski definition) is 0. The average Bonchev–Trinajstić information content (AvgIpc) is 2.70. The molecule has 0 aromatic carbocycles. The highest BCUT2D eigenvalue weighted by molar-refractivity contribution is 5.85. The molecule has 176 valence electrons. The molecule has 5 nitrogen and oxygen atoms in total. The fraction of sp³-hybridized carbons (Fsp3) is 0.880. The van der Waals surface area contributed by atoms with Crippen LogP contribution in [0.1, 0.15) is 130 Å². The zero-order valence-corrected chi connectivity index (χ0v) is 20.0. The van der Waals surface area contributed by atoms with E-state index in [0.29, 0.717) is 6.42 Å². The molecule has 0 aromatic heterocycles. The van der Waals surface area contributed by atoms with Crippen molar-refractivity contribution in [3.05, 3.63) is 0 Å². The lowest BCUT2D eigenvalue weighted by Crippen LogP contribution is -2.31. The molecule has 2 atom stereocenters. The Balaban J connectivity index is 3.46. The van der Waals surface area contributed by atoms with Crippen LogP contribution >= 0.6 is 0 Å². The third-order valence-corrected chi connectivity index (χ3v) is 5.49. The number of ether oxygens (including phenoxy) is 2. The third kappa shape index (κ3) is 17.5. The molecular weight excluding hydrogens is 380 g/mol. The Kier molecular flexibility index (Phi) is 18.7. The summed E-state index contributed by atoms with van der Waals surface area (Å²) in [5.74, 6) is -1.30. The van der Waals surface area contributed by atoms with Crippen molar-refractivity contribution in [3.8, 4) is 0 Å². The zero-order chi connectivity index (χ0) is 22.6. The summed E-state index contributed by atoms with van der Waals surface area (Å²) in [5.41, 5.74) is 0. The van der Waals surface area contributed by atoms with Gasteiger partial charge in [-0.1, -0.05) is 96.8 Å². The quantitative estimate of drug-likeness (QED) is 0.160. The highest BCUT2D eigenvalue weighted by atomic mass is 16.6. The van der Waals surface area contributed by atoms with E-state index in [2.05, 4.69) is 6.92 Å². The van der Waals surface area contributed by atoms with Gasteiger partial charge in [0.1, 0.15) is 0 Å². The molecule has 2 unspecified atom stereocenters. The average molecular weight is 427 g/mol. The van der Waals surface area contributed by atoms with E-state index in [1.54, 1.807) is 0 Å². The fourth-order valence-electron chi connectivity index (χ4n) is 3.30. The van der Waals surface area contributed by atoms with Crippen molar-refractivity contribution in [2.24, 2.45) is 0 Å². The second kappa shape index (κ2) is 19.6. The number of carbonyl (C=O) groups is 3. The normalized spacial score (nSPS) is 12.9. The summed E-state index contributed by atoms with van der Waals surface area (Å²) >= 11 is 0. The lowest BCUT2D eigenvalue weighted by atomic mass is 10.0. The minimum Gasteiger partial charge on any atom is -0.452 e. The van der Waals surface area contributed by atoms with Gasteiger partial charge in [-0.05, 0) is 27.2 Å². The van der Waals surface area contributed by atoms with Crippen LogP contribution in [0.2, 0.25) is 0 Å². The van der Waals surface area contributed by atoms with Gasteiger partial charge in [0.25, 0.3) is 0 Å². The maximum absolute atomic E-state index is 11.8. The second-order valence-electron chi connectivity index (χ2n) is 8.52. The predicted molar refractivity (Wildman–Crippen MR) is 121 cm³/mol. The highest BCUT2D eigenvalue weighted by Crippen LogP contribution is 2.14. The summed E-state index contributed by atoms with van der Waals surface area (Å²) in [4.78, 5) is 34.7. The van der Waals surface area contributed by atoms with E-state index in [4.69, 9.17) is 9.47 Å². The molecule has 0 fully saturated rings. The Labute approximate surface area is 184 Å². The van der Waals surface area contributed by atoms with Crippen LogP contribution in [0.15, 0.2) is 0 Å². The first-order valence-corrected chi connectivity index (χ1v) is 12.3. The van der Waals surface area contributed by atoms with E-state index in [1.807, 2.05) is 0 Å². The monoisotopic (exact) mass is 426 g/mol. The molecule has 0 aliphatic carbocycles. The smallest absolute Gasteiger partial charge is 0.347 e. The van der Waals surface area contributed by atoms with E-state index >= 15 is 0 Å². The molecule has 5 heteroatoms. The van der Waals surface area contributed by atoms with Crippen molar-refractivity contribution in [3.63, 3.8) is 0 Å². The molecular formula is C25H46O5. The van der Waals surface area contributed by atoms with Crippen LogP contribution in [0, 0.1) is 0 Å². The molecule has 0 rings (SSSR count). The van der Waals surface area contributed by atoms with Crippen LogP contribution in [0.4, 0.5) is 0 Å². The molecule has 0 amide bonds. The molecule has 0 spiro atoms. The first-order valence-electron chi connectivity index (χ1n) is 12.3. The van der Waals surface area contributed by atoms with Gasteiger partial charge in [-0.25, -0.2) is 4.79 Å². The lowest BCUT2D eigenvalue weighted by molar-refractivity contribution is -0.171. The van der Waals surface area contributed by atoms with Crippen LogP contribution in [0.25, 0.3) is 0 Å². The number of unbranched alkanes of at least 4 members (excludes halogenated alkanes) is 14. The zero-order valence-electron chi connectivity index (χ0n) is 20.0. The number of rotatable bonds is 20. The van der Waals surface area contributed by atoms with E-state index in [0.717, 1.165) is 19.3 Å². The SMILES string of the molecule is CCCCCCCCCCCCCCCCCC(=O)OC(C)C(=O)OC(C)C(C)=O. The Morgan fingerprint density at radius 1 is 0.600 bits per heavy atom. The maximum atomic E-state index is 11.8. The van der Waals surface area contributed by atoms with Gasteiger partial charge in [-0.3, -0.25) is 9.59 Å². The molecule has 30 heavy (non-hydrogen) atoms. The van der Waals surface area contributed by atoms with Crippen molar-refractivity contribution in [2.45, 2.75) is 143 Å². The molecule has 0 saturated heterocycles. The van der Waals surface area contributed by atoms with E-state index < -0.39 is 18.2 Å². The molecule has 0 saturated carbocycles. The molecule has 0 N–H and O–H groups in total. The molecule has 0 heterocycles. The van der Waals surface area contributed by atoms with Crippen molar-refractivity contribution < 1.29 is 23.9 Å². The van der Waals surface area contributed by atoms with Gasteiger partial charge in [0.05, 0.1) is 0 Å². The van der Waals surface area contributed by atoms with Crippen molar-refractivity contribution in [1.29, 1.82) is 0 Å². The van der Waals surface area contributed by atoms with Gasteiger partial charge in [-0.15, -0.1) is 0 Å². The summed E-state index contributed by atoms with van der Waals surface area (Å²) in [6, 6.07) is 0. The molecule has 0 radical (unpaired) electrons. The molecule has 0 bridgehead atoms. The number of esters is 2. The standard InChI is InChI=1S/C25H46O5/c1-5-6-7-8-9-10-11-12-13-14-15-16-17-18-19-20-24(27)29-23(4)25(28)30-22(3)21(2)26/h22-23H,5-20H2,1-4H3. The van der Waals surface area contributed by atoms with Gasteiger partial charge < -0.3 is 9.47 Å². The molecule has 0 aliphatic rings. The van der Waals surface area contributed by atoms with Crippen LogP contribution < -0.4 is 0 Å². The Hall–Kier alpha value is -1.39. The molecule has 0 aromatic rings. The number of carbonyl (C=O) groups excluding carboxylic acids is 3. The van der Waals surface area contributed by atoms with Gasteiger partial charge in [0.2, 0.25) is 0 Å². The maximum Gasteiger partial charge on any atom is 0.347 e. The van der Waals surface area contributed by atoms with Crippen LogP contribution in [-0.2, 0) is 23.9 Å². The van der Waals surface area contributed by atoms with Gasteiger partial charge in [-0.2, -0.15) is 0 Å². The van der Waals surface area contributed by atoms with Crippen molar-refractivity contribution in [2.75, 3.05) is 0 Å². The summed E-state index contributed by atoms with van der Waals surface area (Å²) in [6.07, 6.45) is 17.7. The Morgan fingerprint density at radius 2 is 1.00 bits per heavy atom. The summed E-state index contributed by atoms with van der Waals surface area (Å²) in [6.45, 7) is 6.59. The topological polar surface area (TPSA) is 69.7 Å². The minimum absolute atomic E-state index is 0.236. The summed E-state index contributed by atoms with van der Waals surface area (Å²) < 4.78 is 10.0. The van der Waals surface area contributed by atoms with Crippen molar-refractivity contribution in [1.82, 2.24) is 0 Å². The summed E-state index contributed by atoms with van der Waals surface area (Å²) in [5, 5.41) is 0. The largest absolute Gasteiger partial charge is 0.452 e. The number of ketones is 1. The van der Waals surface area contributed by atoms with Gasteiger partial charge in [0.15, 0.2) is 18.0 Å². The Morgan fingerprint density at radius 3 is 1.40 bits per heavy atom. The number of hydrogen-bond acceptors (Lipinski definition) is 5. The fourth-order valence-corrected chi connectivity index (χ4v) is 3.30. The van der Waals surface area contributed by atoms with Crippen LogP contribution in [0.3, 0.4) is 0 Å². The Bertz CT molecular complexity index is 460. The van der Waals surface area contributed by atoms with Gasteiger partial charge >= 0.3 is 11.9 Å². The van der Waals surface area contributed by atoms with Crippen LogP contribution in [0.5, 0.6) is 0 Å². The highest BCUT2D eigenvalue weighted by Gasteiger charge is 2.22. The minimum atomic E-state index is -0.976. The van der Waals surface area contributed by atoms with E-state index in [9.17, 15) is 14.4 Å². The molecule has 0 aliphatic heterocycles. The van der Waals surface area contributed by atoms with E-state index in [-0.39, 0.29) is 11.8 Å². The van der Waals surface area contributed by atoms with Gasteiger partial charge in [0, 0.05) is 6.42 Å². The third-order valence-electron chi connectivity index (χ3n) is 5.49. The number of Topliss-reactive ketones (excluding diaryl/α,β-unsaturated/α-hetero) is 1. The van der Waals surface area contributed by atoms with Crippen LogP contribution in [-0.4, -0.2) is 29.9 Å².